The maximum Gasteiger partial charge on any atom is 0.253 e. The van der Waals surface area contributed by atoms with Crippen LogP contribution >= 0.6 is 0 Å². The van der Waals surface area contributed by atoms with Crippen LogP contribution in [0.3, 0.4) is 0 Å². The van der Waals surface area contributed by atoms with E-state index in [0.29, 0.717) is 25.3 Å². The fourth-order valence-corrected chi connectivity index (χ4v) is 3.68. The van der Waals surface area contributed by atoms with Gasteiger partial charge >= 0.3 is 0 Å². The lowest BCUT2D eigenvalue weighted by molar-refractivity contribution is 0.0117. The number of benzene rings is 2. The van der Waals surface area contributed by atoms with Crippen LogP contribution in [0.15, 0.2) is 71.1 Å². The van der Waals surface area contributed by atoms with Crippen molar-refractivity contribution in [1.29, 1.82) is 0 Å². The molecule has 6 nitrogen and oxygen atoms in total. The summed E-state index contributed by atoms with van der Waals surface area (Å²) < 4.78 is 11.4. The largest absolute Gasteiger partial charge is 0.465 e. The Balaban J connectivity index is 1.48. The first kappa shape index (κ1) is 20.2. The van der Waals surface area contributed by atoms with Crippen molar-refractivity contribution in [2.45, 2.75) is 13.0 Å². The van der Waals surface area contributed by atoms with E-state index in [0.717, 1.165) is 36.0 Å². The number of amides is 1. The quantitative estimate of drug-likeness (QED) is 0.619. The third-order valence-corrected chi connectivity index (χ3v) is 5.26. The number of hydrogen-bond donors (Lipinski definition) is 2. The SMILES string of the molecule is Cc1ccc(C(CNC(=O)c2ccccc2Nc2ccccc2)N2CCOCC2)o1. The molecular formula is C24H27N3O3. The molecular weight excluding hydrogens is 378 g/mol. The molecule has 1 saturated heterocycles. The lowest BCUT2D eigenvalue weighted by atomic mass is 10.1. The Morgan fingerprint density at radius 3 is 2.47 bits per heavy atom. The molecule has 1 amide bonds. The summed E-state index contributed by atoms with van der Waals surface area (Å²) in [5.74, 6) is 1.62. The average molecular weight is 405 g/mol. The molecule has 1 aliphatic heterocycles. The van der Waals surface area contributed by atoms with Crippen LogP contribution in [-0.2, 0) is 4.74 Å². The number of morpholine rings is 1. The third kappa shape index (κ3) is 4.90. The number of anilines is 2. The van der Waals surface area contributed by atoms with Crippen molar-refractivity contribution in [3.05, 3.63) is 83.8 Å². The zero-order chi connectivity index (χ0) is 20.8. The average Bonchev–Trinajstić information content (AvgIpc) is 3.21. The second-order valence-corrected chi connectivity index (χ2v) is 7.36. The molecule has 0 radical (unpaired) electrons. The van der Waals surface area contributed by atoms with Crippen molar-refractivity contribution in [2.75, 3.05) is 38.2 Å². The number of nitrogens with one attached hydrogen (secondary N) is 2. The van der Waals surface area contributed by atoms with Gasteiger partial charge in [0.2, 0.25) is 0 Å². The molecule has 1 unspecified atom stereocenters. The Morgan fingerprint density at radius 2 is 1.73 bits per heavy atom. The number of carbonyl (C=O) groups excluding carboxylic acids is 1. The van der Waals surface area contributed by atoms with E-state index in [4.69, 9.17) is 9.15 Å². The highest BCUT2D eigenvalue weighted by molar-refractivity contribution is 6.00. The fraction of sp³-hybridized carbons (Fsp3) is 0.292. The summed E-state index contributed by atoms with van der Waals surface area (Å²) in [6, 6.07) is 21.3. The van der Waals surface area contributed by atoms with Gasteiger partial charge in [0.05, 0.1) is 30.5 Å². The van der Waals surface area contributed by atoms with Gasteiger partial charge in [0, 0.05) is 25.3 Å². The predicted octanol–water partition coefficient (Wildman–Crippen LogP) is 4.13. The molecule has 6 heteroatoms. The summed E-state index contributed by atoms with van der Waals surface area (Å²) >= 11 is 0. The molecule has 1 fully saturated rings. The molecule has 1 aliphatic rings. The van der Waals surface area contributed by atoms with Crippen LogP contribution in [-0.4, -0.2) is 43.7 Å². The number of nitrogens with zero attached hydrogens (tertiary/aromatic N) is 1. The van der Waals surface area contributed by atoms with Gasteiger partial charge in [0.1, 0.15) is 11.5 Å². The lowest BCUT2D eigenvalue weighted by Gasteiger charge is -2.33. The maximum absolute atomic E-state index is 13.1. The van der Waals surface area contributed by atoms with E-state index >= 15 is 0 Å². The maximum atomic E-state index is 13.1. The van der Waals surface area contributed by atoms with E-state index in [1.807, 2.05) is 73.7 Å². The van der Waals surface area contributed by atoms with Gasteiger partial charge in [-0.25, -0.2) is 0 Å². The first-order valence-electron chi connectivity index (χ1n) is 10.3. The highest BCUT2D eigenvalue weighted by atomic mass is 16.5. The first-order chi connectivity index (χ1) is 14.7. The van der Waals surface area contributed by atoms with E-state index in [1.165, 1.54) is 0 Å². The van der Waals surface area contributed by atoms with Gasteiger partial charge in [0.15, 0.2) is 0 Å². The summed E-state index contributed by atoms with van der Waals surface area (Å²) in [6.45, 7) is 5.40. The van der Waals surface area contributed by atoms with E-state index in [1.54, 1.807) is 0 Å². The zero-order valence-corrected chi connectivity index (χ0v) is 17.1. The second kappa shape index (κ2) is 9.61. The highest BCUT2D eigenvalue weighted by Gasteiger charge is 2.26. The predicted molar refractivity (Wildman–Crippen MR) is 117 cm³/mol. The fourth-order valence-electron chi connectivity index (χ4n) is 3.68. The van der Waals surface area contributed by atoms with E-state index in [2.05, 4.69) is 15.5 Å². The number of furan rings is 1. The molecule has 2 heterocycles. The Hall–Kier alpha value is -3.09. The molecule has 4 rings (SSSR count). The molecule has 1 atom stereocenters. The molecule has 2 N–H and O–H groups in total. The van der Waals surface area contributed by atoms with Crippen molar-refractivity contribution in [1.82, 2.24) is 10.2 Å². The van der Waals surface area contributed by atoms with Crippen LogP contribution < -0.4 is 10.6 Å². The molecule has 156 valence electrons. The number of hydrogen-bond acceptors (Lipinski definition) is 5. The number of ether oxygens (including phenoxy) is 1. The highest BCUT2D eigenvalue weighted by Crippen LogP contribution is 2.24. The number of para-hydroxylation sites is 2. The second-order valence-electron chi connectivity index (χ2n) is 7.36. The third-order valence-electron chi connectivity index (χ3n) is 5.26. The van der Waals surface area contributed by atoms with E-state index in [9.17, 15) is 4.79 Å². The standard InChI is InChI=1S/C24H27N3O3/c1-18-11-12-23(30-18)22(27-13-15-29-16-14-27)17-25-24(28)20-9-5-6-10-21(20)26-19-7-3-2-4-8-19/h2-12,22,26H,13-17H2,1H3,(H,25,28). The van der Waals surface area contributed by atoms with Gasteiger partial charge in [-0.2, -0.15) is 0 Å². The summed E-state index contributed by atoms with van der Waals surface area (Å²) in [5, 5.41) is 6.44. The van der Waals surface area contributed by atoms with Crippen LogP contribution in [0.1, 0.15) is 27.9 Å². The summed E-state index contributed by atoms with van der Waals surface area (Å²) in [7, 11) is 0. The first-order valence-corrected chi connectivity index (χ1v) is 10.3. The Morgan fingerprint density at radius 1 is 1.00 bits per heavy atom. The molecule has 0 bridgehead atoms. The molecule has 30 heavy (non-hydrogen) atoms. The molecule has 0 aliphatic carbocycles. The van der Waals surface area contributed by atoms with Gasteiger partial charge in [-0.3, -0.25) is 9.69 Å². The van der Waals surface area contributed by atoms with Crippen molar-refractivity contribution in [3.8, 4) is 0 Å². The summed E-state index contributed by atoms with van der Waals surface area (Å²) in [4.78, 5) is 15.4. The molecule has 1 aromatic heterocycles. The Bertz CT molecular complexity index is 965. The molecule has 0 saturated carbocycles. The lowest BCUT2D eigenvalue weighted by Crippen LogP contribution is -2.43. The minimum Gasteiger partial charge on any atom is -0.465 e. The van der Waals surface area contributed by atoms with Gasteiger partial charge < -0.3 is 19.8 Å². The minimum absolute atomic E-state index is 0.0270. The number of rotatable bonds is 7. The summed E-state index contributed by atoms with van der Waals surface area (Å²) in [5.41, 5.74) is 2.32. The van der Waals surface area contributed by atoms with Crippen LogP contribution in [0.25, 0.3) is 0 Å². The number of aryl methyl sites for hydroxylation is 1. The normalized spacial score (nSPS) is 15.5. The van der Waals surface area contributed by atoms with Crippen molar-refractivity contribution < 1.29 is 13.9 Å². The smallest absolute Gasteiger partial charge is 0.253 e. The van der Waals surface area contributed by atoms with Crippen molar-refractivity contribution in [2.24, 2.45) is 0 Å². The summed E-state index contributed by atoms with van der Waals surface area (Å²) in [6.07, 6.45) is 0. The minimum atomic E-state index is -0.115. The van der Waals surface area contributed by atoms with E-state index in [-0.39, 0.29) is 11.9 Å². The monoisotopic (exact) mass is 405 g/mol. The van der Waals surface area contributed by atoms with Gasteiger partial charge in [-0.05, 0) is 43.3 Å². The Labute approximate surface area is 176 Å². The van der Waals surface area contributed by atoms with Gasteiger partial charge in [-0.1, -0.05) is 30.3 Å². The van der Waals surface area contributed by atoms with Crippen LogP contribution in [0.5, 0.6) is 0 Å². The van der Waals surface area contributed by atoms with Crippen molar-refractivity contribution in [3.63, 3.8) is 0 Å². The molecule has 3 aromatic rings. The van der Waals surface area contributed by atoms with Crippen LogP contribution in [0.4, 0.5) is 11.4 Å². The molecule has 0 spiro atoms. The van der Waals surface area contributed by atoms with E-state index < -0.39 is 0 Å². The molecule has 2 aromatic carbocycles. The zero-order valence-electron chi connectivity index (χ0n) is 17.1. The van der Waals surface area contributed by atoms with Gasteiger partial charge in [-0.15, -0.1) is 0 Å². The van der Waals surface area contributed by atoms with Crippen LogP contribution in [0.2, 0.25) is 0 Å². The Kier molecular flexibility index (Phi) is 6.47. The number of carbonyl (C=O) groups is 1. The van der Waals surface area contributed by atoms with Gasteiger partial charge in [0.25, 0.3) is 5.91 Å². The van der Waals surface area contributed by atoms with Crippen LogP contribution in [0, 0.1) is 6.92 Å². The van der Waals surface area contributed by atoms with Crippen molar-refractivity contribution >= 4 is 17.3 Å². The topological polar surface area (TPSA) is 66.7 Å².